The Morgan fingerprint density at radius 1 is 1.00 bits per heavy atom. The first-order valence-corrected chi connectivity index (χ1v) is 8.09. The molecule has 0 unspecified atom stereocenters. The highest BCUT2D eigenvalue weighted by Crippen LogP contribution is 2.01. The number of thiol groups is 1. The normalized spacial score (nSPS) is 12.8. The average Bonchev–Trinajstić information content (AvgIpc) is 2.56. The van der Waals surface area contributed by atoms with Gasteiger partial charge in [0.15, 0.2) is 0 Å². The van der Waals surface area contributed by atoms with Crippen molar-refractivity contribution < 1.29 is 24.3 Å². The van der Waals surface area contributed by atoms with E-state index in [0.29, 0.717) is 25.8 Å². The fraction of sp³-hybridized carbons (Fsp3) is 0.692. The van der Waals surface area contributed by atoms with E-state index < -0.39 is 42.3 Å². The molecule has 3 amide bonds. The highest BCUT2D eigenvalue weighted by atomic mass is 32.1. The second kappa shape index (κ2) is 12.6. The van der Waals surface area contributed by atoms with Crippen molar-refractivity contribution in [2.75, 3.05) is 25.4 Å². The van der Waals surface area contributed by atoms with Gasteiger partial charge in [0.05, 0.1) is 13.1 Å². The van der Waals surface area contributed by atoms with Gasteiger partial charge in [-0.25, -0.2) is 4.79 Å². The zero-order valence-electron chi connectivity index (χ0n) is 13.3. The van der Waals surface area contributed by atoms with Crippen LogP contribution < -0.4 is 27.4 Å². The van der Waals surface area contributed by atoms with Crippen LogP contribution in [-0.2, 0) is 19.2 Å². The molecule has 8 N–H and O–H groups in total. The van der Waals surface area contributed by atoms with Crippen molar-refractivity contribution in [3.63, 3.8) is 0 Å². The first-order chi connectivity index (χ1) is 11.3. The van der Waals surface area contributed by atoms with E-state index >= 15 is 0 Å². The molecule has 0 aliphatic heterocycles. The second-order valence-electron chi connectivity index (χ2n) is 4.97. The smallest absolute Gasteiger partial charge is 0.327 e. The Morgan fingerprint density at radius 3 is 2.12 bits per heavy atom. The Labute approximate surface area is 145 Å². The van der Waals surface area contributed by atoms with Crippen molar-refractivity contribution in [1.82, 2.24) is 16.0 Å². The van der Waals surface area contributed by atoms with Crippen molar-refractivity contribution in [2.45, 2.75) is 31.3 Å². The number of aliphatic carboxylic acids is 1. The van der Waals surface area contributed by atoms with Crippen molar-refractivity contribution in [2.24, 2.45) is 11.5 Å². The minimum atomic E-state index is -1.22. The Balaban J connectivity index is 4.49. The number of amides is 3. The summed E-state index contributed by atoms with van der Waals surface area (Å²) in [4.78, 5) is 45.9. The van der Waals surface area contributed by atoms with Crippen LogP contribution in [0.4, 0.5) is 0 Å². The van der Waals surface area contributed by atoms with Gasteiger partial charge >= 0.3 is 5.97 Å². The standard InChI is InChI=1S/C13H25N5O5S/c14-4-2-1-3-8(17-10(19)5-15)12(21)16-6-11(20)18-9(7-24)13(22)23/h8-9,24H,1-7,14-15H2,(H,16,21)(H,17,19)(H,18,20)(H,22,23)/t8-,9-/m0/s1. The lowest BCUT2D eigenvalue weighted by Gasteiger charge is -2.18. The Morgan fingerprint density at radius 2 is 1.62 bits per heavy atom. The molecule has 0 aliphatic carbocycles. The van der Waals surface area contributed by atoms with E-state index in [1.165, 1.54) is 0 Å². The summed E-state index contributed by atoms with van der Waals surface area (Å²) in [6.07, 6.45) is 1.65. The summed E-state index contributed by atoms with van der Waals surface area (Å²) in [5.74, 6) is -3.02. The monoisotopic (exact) mass is 363 g/mol. The molecule has 0 aromatic carbocycles. The molecule has 0 aromatic rings. The minimum Gasteiger partial charge on any atom is -0.480 e. The molecule has 0 spiro atoms. The van der Waals surface area contributed by atoms with Crippen LogP contribution in [0.1, 0.15) is 19.3 Å². The molecule has 10 nitrogen and oxygen atoms in total. The van der Waals surface area contributed by atoms with Gasteiger partial charge in [0, 0.05) is 5.75 Å². The lowest BCUT2D eigenvalue weighted by molar-refractivity contribution is -0.141. The number of rotatable bonds is 12. The maximum Gasteiger partial charge on any atom is 0.327 e. The van der Waals surface area contributed by atoms with Gasteiger partial charge < -0.3 is 32.5 Å². The molecule has 138 valence electrons. The average molecular weight is 363 g/mol. The summed E-state index contributed by atoms with van der Waals surface area (Å²) in [6, 6.07) is -1.98. The van der Waals surface area contributed by atoms with E-state index in [-0.39, 0.29) is 12.3 Å². The molecule has 0 aromatic heterocycles. The SMILES string of the molecule is NCCCC[C@H](NC(=O)CN)C(=O)NCC(=O)N[C@@H](CS)C(=O)O. The summed E-state index contributed by atoms with van der Waals surface area (Å²) in [6.45, 7) is -0.215. The van der Waals surface area contributed by atoms with Gasteiger partial charge in [0.25, 0.3) is 0 Å². The molecule has 0 heterocycles. The first-order valence-electron chi connectivity index (χ1n) is 7.45. The molecule has 0 saturated carbocycles. The van der Waals surface area contributed by atoms with Crippen LogP contribution in [0.15, 0.2) is 0 Å². The molecule has 24 heavy (non-hydrogen) atoms. The van der Waals surface area contributed by atoms with E-state index in [4.69, 9.17) is 16.6 Å². The van der Waals surface area contributed by atoms with Gasteiger partial charge in [0.1, 0.15) is 12.1 Å². The number of nitrogens with two attached hydrogens (primary N) is 2. The molecule has 0 bridgehead atoms. The number of hydrogen-bond donors (Lipinski definition) is 7. The van der Waals surface area contributed by atoms with Gasteiger partial charge in [-0.2, -0.15) is 12.6 Å². The van der Waals surface area contributed by atoms with E-state index in [0.717, 1.165) is 0 Å². The van der Waals surface area contributed by atoms with Gasteiger partial charge in [-0.1, -0.05) is 0 Å². The van der Waals surface area contributed by atoms with E-state index in [2.05, 4.69) is 28.6 Å². The molecule has 0 rings (SSSR count). The Hall–Kier alpha value is -1.85. The third-order valence-electron chi connectivity index (χ3n) is 3.02. The molecule has 0 radical (unpaired) electrons. The zero-order chi connectivity index (χ0) is 18.5. The summed E-state index contributed by atoms with van der Waals surface area (Å²) < 4.78 is 0. The molecule has 2 atom stereocenters. The largest absolute Gasteiger partial charge is 0.480 e. The van der Waals surface area contributed by atoms with Gasteiger partial charge in [0.2, 0.25) is 17.7 Å². The predicted octanol–water partition coefficient (Wildman–Crippen LogP) is -2.83. The quantitative estimate of drug-likeness (QED) is 0.144. The van der Waals surface area contributed by atoms with Crippen LogP contribution in [0, 0.1) is 0 Å². The highest BCUT2D eigenvalue weighted by Gasteiger charge is 2.22. The third kappa shape index (κ3) is 9.33. The highest BCUT2D eigenvalue weighted by molar-refractivity contribution is 7.80. The van der Waals surface area contributed by atoms with Crippen LogP contribution in [-0.4, -0.2) is 66.3 Å². The molecule has 0 aliphatic rings. The molecule has 11 heteroatoms. The summed E-state index contributed by atoms with van der Waals surface area (Å²) in [5.41, 5.74) is 10.6. The fourth-order valence-corrected chi connectivity index (χ4v) is 1.98. The third-order valence-corrected chi connectivity index (χ3v) is 3.39. The number of carbonyl (C=O) groups excluding carboxylic acids is 3. The summed E-state index contributed by atoms with van der Waals surface area (Å²) >= 11 is 3.81. The van der Waals surface area contributed by atoms with Crippen molar-refractivity contribution in [3.05, 3.63) is 0 Å². The lowest BCUT2D eigenvalue weighted by Crippen LogP contribution is -2.51. The van der Waals surface area contributed by atoms with Crippen LogP contribution >= 0.6 is 12.6 Å². The van der Waals surface area contributed by atoms with Crippen molar-refractivity contribution >= 4 is 36.3 Å². The Bertz CT molecular complexity index is 448. The van der Waals surface area contributed by atoms with Gasteiger partial charge in [-0.3, -0.25) is 14.4 Å². The number of nitrogens with one attached hydrogen (secondary N) is 3. The van der Waals surface area contributed by atoms with Crippen LogP contribution in [0.3, 0.4) is 0 Å². The molecular formula is C13H25N5O5S. The van der Waals surface area contributed by atoms with Crippen LogP contribution in [0.5, 0.6) is 0 Å². The fourth-order valence-electron chi connectivity index (χ4n) is 1.74. The summed E-state index contributed by atoms with van der Waals surface area (Å²) in [5, 5.41) is 15.8. The first kappa shape index (κ1) is 22.1. The number of hydrogen-bond acceptors (Lipinski definition) is 7. The zero-order valence-corrected chi connectivity index (χ0v) is 14.2. The lowest BCUT2D eigenvalue weighted by atomic mass is 10.1. The van der Waals surface area contributed by atoms with Crippen LogP contribution in [0.2, 0.25) is 0 Å². The second-order valence-corrected chi connectivity index (χ2v) is 5.33. The summed E-state index contributed by atoms with van der Waals surface area (Å²) in [7, 11) is 0. The maximum atomic E-state index is 12.1. The van der Waals surface area contributed by atoms with E-state index in [9.17, 15) is 19.2 Å². The Kier molecular flexibility index (Phi) is 11.6. The van der Waals surface area contributed by atoms with E-state index in [1.807, 2.05) is 0 Å². The number of carboxylic acids is 1. The number of carbonyl (C=O) groups is 4. The molecule has 0 fully saturated rings. The molecule has 0 saturated heterocycles. The predicted molar refractivity (Wildman–Crippen MR) is 90.3 cm³/mol. The van der Waals surface area contributed by atoms with Crippen LogP contribution in [0.25, 0.3) is 0 Å². The maximum absolute atomic E-state index is 12.1. The minimum absolute atomic E-state index is 0.0801. The number of carboxylic acid groups (broad SMARTS) is 1. The van der Waals surface area contributed by atoms with Crippen molar-refractivity contribution in [1.29, 1.82) is 0 Å². The van der Waals surface area contributed by atoms with E-state index in [1.54, 1.807) is 0 Å². The molecular weight excluding hydrogens is 338 g/mol. The topological polar surface area (TPSA) is 177 Å². The number of unbranched alkanes of at least 4 members (excludes halogenated alkanes) is 1. The van der Waals surface area contributed by atoms with Crippen molar-refractivity contribution in [3.8, 4) is 0 Å². The van der Waals surface area contributed by atoms with Gasteiger partial charge in [-0.15, -0.1) is 0 Å². The van der Waals surface area contributed by atoms with Gasteiger partial charge in [-0.05, 0) is 25.8 Å².